The number of hydrogen-bond acceptors (Lipinski definition) is 4. The van der Waals surface area contributed by atoms with Crippen LogP contribution >= 0.6 is 0 Å². The molecule has 3 N–H and O–H groups in total. The molecule has 0 spiro atoms. The predicted molar refractivity (Wildman–Crippen MR) is 75.0 cm³/mol. The molecule has 0 fully saturated rings. The van der Waals surface area contributed by atoms with Gasteiger partial charge >= 0.3 is 0 Å². The van der Waals surface area contributed by atoms with E-state index in [2.05, 4.69) is 40.1 Å². The van der Waals surface area contributed by atoms with Crippen molar-refractivity contribution in [3.8, 4) is 17.1 Å². The molecule has 0 atom stereocenters. The van der Waals surface area contributed by atoms with Gasteiger partial charge in [0, 0.05) is 28.7 Å². The molecule has 0 saturated carbocycles. The molecule has 3 aromatic rings. The Morgan fingerprint density at radius 3 is 2.84 bits per heavy atom. The van der Waals surface area contributed by atoms with E-state index >= 15 is 0 Å². The van der Waals surface area contributed by atoms with E-state index in [1.54, 1.807) is 13.2 Å². The second kappa shape index (κ2) is 4.28. The zero-order valence-electron chi connectivity index (χ0n) is 10.8. The van der Waals surface area contributed by atoms with Crippen LogP contribution in [0.3, 0.4) is 0 Å². The minimum absolute atomic E-state index is 0.205. The first-order valence-electron chi connectivity index (χ1n) is 5.94. The van der Waals surface area contributed by atoms with E-state index in [1.807, 2.05) is 6.20 Å². The molecule has 0 aliphatic rings. The number of benzene rings is 1. The first kappa shape index (κ1) is 11.5. The fourth-order valence-corrected chi connectivity index (χ4v) is 2.13. The van der Waals surface area contributed by atoms with Crippen molar-refractivity contribution in [2.24, 2.45) is 0 Å². The SMILES string of the molecule is COc1cc(-c2c[nH]c3ccc(C)cc23)nc(N)n1. The summed E-state index contributed by atoms with van der Waals surface area (Å²) in [6, 6.07) is 8.01. The molecule has 0 aliphatic heterocycles. The molecule has 0 amide bonds. The number of nitrogen functional groups attached to an aromatic ring is 1. The Bertz CT molecular complexity index is 748. The van der Waals surface area contributed by atoms with Crippen LogP contribution in [0.15, 0.2) is 30.5 Å². The summed E-state index contributed by atoms with van der Waals surface area (Å²) in [6.07, 6.45) is 1.92. The lowest BCUT2D eigenvalue weighted by molar-refractivity contribution is 0.398. The molecule has 3 rings (SSSR count). The molecule has 0 saturated heterocycles. The maximum atomic E-state index is 5.70. The summed E-state index contributed by atoms with van der Waals surface area (Å²) in [5.74, 6) is 0.667. The van der Waals surface area contributed by atoms with Crippen LogP contribution in [0.1, 0.15) is 5.56 Å². The van der Waals surface area contributed by atoms with Crippen LogP contribution in [0, 0.1) is 6.92 Å². The second-order valence-corrected chi connectivity index (χ2v) is 4.41. The number of anilines is 1. The lowest BCUT2D eigenvalue weighted by Gasteiger charge is -2.04. The first-order chi connectivity index (χ1) is 9.17. The number of rotatable bonds is 2. The van der Waals surface area contributed by atoms with E-state index in [4.69, 9.17) is 10.5 Å². The molecular weight excluding hydrogens is 240 g/mol. The molecule has 2 heterocycles. The Labute approximate surface area is 110 Å². The van der Waals surface area contributed by atoms with Crippen molar-refractivity contribution in [2.45, 2.75) is 6.92 Å². The number of nitrogens with two attached hydrogens (primary N) is 1. The van der Waals surface area contributed by atoms with E-state index in [0.29, 0.717) is 5.88 Å². The molecule has 19 heavy (non-hydrogen) atoms. The van der Waals surface area contributed by atoms with Crippen molar-refractivity contribution in [1.82, 2.24) is 15.0 Å². The molecule has 2 aromatic heterocycles. The Balaban J connectivity index is 2.24. The van der Waals surface area contributed by atoms with Crippen LogP contribution in [-0.4, -0.2) is 22.1 Å². The number of H-pyrrole nitrogens is 1. The van der Waals surface area contributed by atoms with Crippen molar-refractivity contribution in [3.05, 3.63) is 36.0 Å². The summed E-state index contributed by atoms with van der Waals surface area (Å²) in [6.45, 7) is 2.06. The predicted octanol–water partition coefficient (Wildman–Crippen LogP) is 2.52. The van der Waals surface area contributed by atoms with Crippen LogP contribution in [0.25, 0.3) is 22.2 Å². The number of aryl methyl sites for hydroxylation is 1. The normalized spacial score (nSPS) is 10.8. The topological polar surface area (TPSA) is 76.8 Å². The highest BCUT2D eigenvalue weighted by Gasteiger charge is 2.10. The van der Waals surface area contributed by atoms with Gasteiger partial charge in [0.25, 0.3) is 0 Å². The molecule has 0 radical (unpaired) electrons. The van der Waals surface area contributed by atoms with Gasteiger partial charge in [0.05, 0.1) is 12.8 Å². The Morgan fingerprint density at radius 2 is 2.05 bits per heavy atom. The summed E-state index contributed by atoms with van der Waals surface area (Å²) in [5, 5.41) is 1.11. The van der Waals surface area contributed by atoms with Gasteiger partial charge in [-0.1, -0.05) is 11.6 Å². The van der Waals surface area contributed by atoms with E-state index in [9.17, 15) is 0 Å². The number of ether oxygens (including phenoxy) is 1. The smallest absolute Gasteiger partial charge is 0.223 e. The lowest BCUT2D eigenvalue weighted by atomic mass is 10.1. The first-order valence-corrected chi connectivity index (χ1v) is 5.94. The minimum Gasteiger partial charge on any atom is -0.481 e. The highest BCUT2D eigenvalue weighted by Crippen LogP contribution is 2.29. The average Bonchev–Trinajstić information content (AvgIpc) is 2.80. The maximum Gasteiger partial charge on any atom is 0.223 e. The summed E-state index contributed by atoms with van der Waals surface area (Å²) < 4.78 is 5.13. The summed E-state index contributed by atoms with van der Waals surface area (Å²) >= 11 is 0. The summed E-state index contributed by atoms with van der Waals surface area (Å²) in [5.41, 5.74) is 9.71. The third kappa shape index (κ3) is 1.99. The van der Waals surface area contributed by atoms with E-state index in [0.717, 1.165) is 22.2 Å². The van der Waals surface area contributed by atoms with E-state index in [1.165, 1.54) is 5.56 Å². The van der Waals surface area contributed by atoms with Gasteiger partial charge in [0.1, 0.15) is 0 Å². The van der Waals surface area contributed by atoms with Gasteiger partial charge in [-0.2, -0.15) is 4.98 Å². The third-order valence-corrected chi connectivity index (χ3v) is 3.04. The minimum atomic E-state index is 0.205. The molecule has 5 nitrogen and oxygen atoms in total. The van der Waals surface area contributed by atoms with Crippen molar-refractivity contribution >= 4 is 16.9 Å². The highest BCUT2D eigenvalue weighted by atomic mass is 16.5. The molecule has 0 bridgehead atoms. The molecular formula is C14H14N4O. The van der Waals surface area contributed by atoms with Crippen LogP contribution in [0.5, 0.6) is 5.88 Å². The van der Waals surface area contributed by atoms with Crippen LogP contribution < -0.4 is 10.5 Å². The Morgan fingerprint density at radius 1 is 1.21 bits per heavy atom. The fraction of sp³-hybridized carbons (Fsp3) is 0.143. The summed E-state index contributed by atoms with van der Waals surface area (Å²) in [7, 11) is 1.56. The number of methoxy groups -OCH3 is 1. The van der Waals surface area contributed by atoms with Crippen LogP contribution in [0.2, 0.25) is 0 Å². The third-order valence-electron chi connectivity index (χ3n) is 3.04. The molecule has 96 valence electrons. The molecule has 5 heteroatoms. The van der Waals surface area contributed by atoms with Crippen LogP contribution in [-0.2, 0) is 0 Å². The molecule has 0 unspecified atom stereocenters. The number of hydrogen-bond donors (Lipinski definition) is 2. The lowest BCUT2D eigenvalue weighted by Crippen LogP contribution is -1.98. The second-order valence-electron chi connectivity index (χ2n) is 4.41. The number of aromatic nitrogens is 3. The Kier molecular flexibility index (Phi) is 2.59. The average molecular weight is 254 g/mol. The van der Waals surface area contributed by atoms with Gasteiger partial charge in [-0.25, -0.2) is 4.98 Å². The number of fused-ring (bicyclic) bond motifs is 1. The monoisotopic (exact) mass is 254 g/mol. The van der Waals surface area contributed by atoms with Gasteiger partial charge in [-0.3, -0.25) is 0 Å². The van der Waals surface area contributed by atoms with Crippen molar-refractivity contribution in [1.29, 1.82) is 0 Å². The van der Waals surface area contributed by atoms with Gasteiger partial charge in [-0.05, 0) is 19.1 Å². The zero-order chi connectivity index (χ0) is 13.4. The fourth-order valence-electron chi connectivity index (χ4n) is 2.13. The Hall–Kier alpha value is -2.56. The number of aromatic amines is 1. The summed E-state index contributed by atoms with van der Waals surface area (Å²) in [4.78, 5) is 11.5. The van der Waals surface area contributed by atoms with Gasteiger partial charge in [0.2, 0.25) is 11.8 Å². The molecule has 1 aromatic carbocycles. The zero-order valence-corrected chi connectivity index (χ0v) is 10.8. The van der Waals surface area contributed by atoms with Gasteiger partial charge in [0.15, 0.2) is 0 Å². The van der Waals surface area contributed by atoms with Crippen molar-refractivity contribution in [3.63, 3.8) is 0 Å². The maximum absolute atomic E-state index is 5.70. The highest BCUT2D eigenvalue weighted by molar-refractivity contribution is 5.95. The van der Waals surface area contributed by atoms with Crippen LogP contribution in [0.4, 0.5) is 5.95 Å². The van der Waals surface area contributed by atoms with Gasteiger partial charge < -0.3 is 15.5 Å². The largest absolute Gasteiger partial charge is 0.481 e. The number of nitrogens with zero attached hydrogens (tertiary/aromatic N) is 2. The molecule has 0 aliphatic carbocycles. The quantitative estimate of drug-likeness (QED) is 0.736. The van der Waals surface area contributed by atoms with Crippen molar-refractivity contribution in [2.75, 3.05) is 12.8 Å². The standard InChI is InChI=1S/C14H14N4O/c1-8-3-4-11-9(5-8)10(7-16-11)12-6-13(19-2)18-14(15)17-12/h3-7,16H,1-2H3,(H2,15,17,18). The van der Waals surface area contributed by atoms with Crippen molar-refractivity contribution < 1.29 is 4.74 Å². The van der Waals surface area contributed by atoms with Gasteiger partial charge in [-0.15, -0.1) is 0 Å². The van der Waals surface area contributed by atoms with E-state index in [-0.39, 0.29) is 5.95 Å². The van der Waals surface area contributed by atoms with E-state index < -0.39 is 0 Å². The number of nitrogens with one attached hydrogen (secondary N) is 1.